The minimum atomic E-state index is 1.01. The standard InChI is InChI=1S/2C20H18.C6H6.C5H6.8C2H6/c2*1-3-7-17(8-4-1)15-19-11-13-20(14-12-19)16-18-9-5-2-6-10-18;1-2-4-6-5-3-1;1-2-4-5-3-1;8*1-2/h2*1-14H,15-16H2;1-6H;1-4H,5H2;8*1-2H3. The van der Waals surface area contributed by atoms with E-state index in [1.54, 1.807) is 0 Å². The van der Waals surface area contributed by atoms with Crippen LogP contribution in [0.25, 0.3) is 0 Å². The summed E-state index contributed by atoms with van der Waals surface area (Å²) in [4.78, 5) is 0. The lowest BCUT2D eigenvalue weighted by Gasteiger charge is -2.05. The minimum Gasteiger partial charge on any atom is -0.0808 e. The Balaban J connectivity index is -0.000000390. The third kappa shape index (κ3) is 37.9. The van der Waals surface area contributed by atoms with Gasteiger partial charge in [0.2, 0.25) is 0 Å². The Morgan fingerprint density at radius 1 is 0.194 bits per heavy atom. The van der Waals surface area contributed by atoms with Crippen molar-refractivity contribution in [1.29, 1.82) is 0 Å². The summed E-state index contributed by atoms with van der Waals surface area (Å²) in [7, 11) is 0. The molecule has 0 saturated heterocycles. The van der Waals surface area contributed by atoms with Crippen molar-refractivity contribution in [2.75, 3.05) is 0 Å². The Hall–Kier alpha value is -5.98. The molecule has 0 radical (unpaired) electrons. The molecule has 0 amide bonds. The zero-order chi connectivity index (χ0) is 51.0. The highest BCUT2D eigenvalue weighted by Gasteiger charge is 2.00. The zero-order valence-corrected chi connectivity index (χ0v) is 45.5. The van der Waals surface area contributed by atoms with Crippen LogP contribution in [0.15, 0.2) is 231 Å². The quantitative estimate of drug-likeness (QED) is 0.143. The van der Waals surface area contributed by atoms with Gasteiger partial charge in [0, 0.05) is 0 Å². The van der Waals surface area contributed by atoms with Crippen LogP contribution >= 0.6 is 0 Å². The first-order valence-electron chi connectivity index (χ1n) is 25.9. The molecule has 1 aliphatic carbocycles. The van der Waals surface area contributed by atoms with Gasteiger partial charge in [-0.15, -0.1) is 0 Å². The lowest BCUT2D eigenvalue weighted by atomic mass is 10.0. The second-order valence-electron chi connectivity index (χ2n) is 12.5. The lowest BCUT2D eigenvalue weighted by molar-refractivity contribution is 1.15. The molecule has 1 aliphatic rings. The molecule has 0 heterocycles. The van der Waals surface area contributed by atoms with Crippen molar-refractivity contribution in [1.82, 2.24) is 0 Å². The molecule has 0 spiro atoms. The Kier molecular flexibility index (Phi) is 56.7. The predicted molar refractivity (Wildman–Crippen MR) is 310 cm³/mol. The molecule has 0 saturated carbocycles. The van der Waals surface area contributed by atoms with E-state index in [0.29, 0.717) is 0 Å². The smallest absolute Gasteiger partial charge is 0.00258 e. The van der Waals surface area contributed by atoms with Gasteiger partial charge in [0.15, 0.2) is 0 Å². The SMILES string of the molecule is C1=CCC=C1.CC.CC.CC.CC.CC.CC.CC.CC.c1ccc(Cc2ccc(Cc3ccccc3)cc2)cc1.c1ccc(Cc2ccc(Cc3ccccc3)cc2)cc1.c1ccccc1. The van der Waals surface area contributed by atoms with Crippen LogP contribution < -0.4 is 0 Å². The fourth-order valence-electron chi connectivity index (χ4n) is 5.65. The zero-order valence-electron chi connectivity index (χ0n) is 45.5. The van der Waals surface area contributed by atoms with Gasteiger partial charge in [0.25, 0.3) is 0 Å². The first-order valence-corrected chi connectivity index (χ1v) is 25.9. The van der Waals surface area contributed by atoms with Crippen LogP contribution in [0.2, 0.25) is 0 Å². The molecule has 0 unspecified atom stereocenters. The van der Waals surface area contributed by atoms with Crippen LogP contribution in [-0.4, -0.2) is 0 Å². The summed E-state index contributed by atoms with van der Waals surface area (Å²) in [6.45, 7) is 32.0. The Morgan fingerprint density at radius 2 is 0.328 bits per heavy atom. The maximum Gasteiger partial charge on any atom is -0.00258 e. The Labute approximate surface area is 416 Å². The topological polar surface area (TPSA) is 0 Å². The molecule has 0 aliphatic heterocycles. The van der Waals surface area contributed by atoms with Gasteiger partial charge in [-0.05, 0) is 76.6 Å². The van der Waals surface area contributed by atoms with E-state index in [2.05, 4.69) is 194 Å². The largest absolute Gasteiger partial charge is 0.0808 e. The van der Waals surface area contributed by atoms with E-state index in [-0.39, 0.29) is 0 Å². The molecule has 364 valence electrons. The van der Waals surface area contributed by atoms with Crippen molar-refractivity contribution in [2.45, 2.75) is 143 Å². The fraction of sp³-hybridized carbons (Fsp3) is 0.313. The molecule has 0 nitrogen and oxygen atoms in total. The van der Waals surface area contributed by atoms with Crippen molar-refractivity contribution >= 4 is 0 Å². The molecule has 0 bridgehead atoms. The highest BCUT2D eigenvalue weighted by atomic mass is 14.1. The summed E-state index contributed by atoms with van der Waals surface area (Å²) < 4.78 is 0. The molecule has 7 aromatic carbocycles. The first-order chi connectivity index (χ1) is 33.3. The average Bonchev–Trinajstić information content (AvgIpc) is 4.05. The summed E-state index contributed by atoms with van der Waals surface area (Å²) in [6, 6.07) is 72.4. The van der Waals surface area contributed by atoms with Crippen LogP contribution in [0.5, 0.6) is 0 Å². The van der Waals surface area contributed by atoms with Gasteiger partial charge in [0.05, 0.1) is 0 Å². The molecular weight excluding hydrogens is 805 g/mol. The number of benzene rings is 7. The van der Waals surface area contributed by atoms with Gasteiger partial charge in [-0.2, -0.15) is 0 Å². The van der Waals surface area contributed by atoms with Crippen LogP contribution in [0, 0.1) is 0 Å². The number of rotatable bonds is 8. The van der Waals surface area contributed by atoms with Crippen molar-refractivity contribution in [3.05, 3.63) is 275 Å². The van der Waals surface area contributed by atoms with Crippen molar-refractivity contribution in [3.8, 4) is 0 Å². The first kappa shape index (κ1) is 67.6. The average molecular weight is 902 g/mol. The van der Waals surface area contributed by atoms with E-state index in [1.165, 1.54) is 44.5 Å². The van der Waals surface area contributed by atoms with Crippen LogP contribution in [0.1, 0.15) is 162 Å². The van der Waals surface area contributed by atoms with Gasteiger partial charge in [-0.25, -0.2) is 0 Å². The molecule has 8 rings (SSSR count). The summed E-state index contributed by atoms with van der Waals surface area (Å²) in [5, 5.41) is 0. The number of allylic oxidation sites excluding steroid dienone is 4. The van der Waals surface area contributed by atoms with E-state index in [9.17, 15) is 0 Å². The van der Waals surface area contributed by atoms with Crippen LogP contribution in [0.3, 0.4) is 0 Å². The van der Waals surface area contributed by atoms with Crippen LogP contribution in [0.4, 0.5) is 0 Å². The molecule has 0 fully saturated rings. The molecular formula is C67H96. The minimum absolute atomic E-state index is 1.01. The molecule has 0 atom stereocenters. The predicted octanol–water partition coefficient (Wildman–Crippen LogP) is 21.1. The third-order valence-corrected chi connectivity index (χ3v) is 8.37. The van der Waals surface area contributed by atoms with Gasteiger partial charge in [-0.1, -0.05) is 341 Å². The summed E-state index contributed by atoms with van der Waals surface area (Å²) in [6.07, 6.45) is 13.5. The normalized spacial score (nSPS) is 8.96. The van der Waals surface area contributed by atoms with Crippen LogP contribution in [-0.2, 0) is 25.7 Å². The highest BCUT2D eigenvalue weighted by molar-refractivity contribution is 5.33. The van der Waals surface area contributed by atoms with E-state index in [0.717, 1.165) is 32.1 Å². The summed E-state index contributed by atoms with van der Waals surface area (Å²) in [5.41, 5.74) is 10.9. The Bertz CT molecular complexity index is 1660. The van der Waals surface area contributed by atoms with Gasteiger partial charge in [-0.3, -0.25) is 0 Å². The summed E-state index contributed by atoms with van der Waals surface area (Å²) >= 11 is 0. The van der Waals surface area contributed by atoms with E-state index >= 15 is 0 Å². The maximum atomic E-state index is 2.24. The number of hydrogen-bond donors (Lipinski definition) is 0. The van der Waals surface area contributed by atoms with E-state index in [1.807, 2.05) is 147 Å². The third-order valence-electron chi connectivity index (χ3n) is 8.37. The molecule has 0 aromatic heterocycles. The van der Waals surface area contributed by atoms with E-state index in [4.69, 9.17) is 0 Å². The number of hydrogen-bond acceptors (Lipinski definition) is 0. The molecule has 67 heavy (non-hydrogen) atoms. The second-order valence-corrected chi connectivity index (χ2v) is 12.5. The fourth-order valence-corrected chi connectivity index (χ4v) is 5.65. The van der Waals surface area contributed by atoms with Gasteiger partial charge >= 0.3 is 0 Å². The molecule has 7 aromatic rings. The van der Waals surface area contributed by atoms with E-state index < -0.39 is 0 Å². The molecule has 0 N–H and O–H groups in total. The van der Waals surface area contributed by atoms with Gasteiger partial charge < -0.3 is 0 Å². The van der Waals surface area contributed by atoms with Crippen molar-refractivity contribution in [3.63, 3.8) is 0 Å². The second kappa shape index (κ2) is 56.2. The van der Waals surface area contributed by atoms with Crippen molar-refractivity contribution in [2.24, 2.45) is 0 Å². The van der Waals surface area contributed by atoms with Gasteiger partial charge in [0.1, 0.15) is 0 Å². The molecule has 0 heteroatoms. The van der Waals surface area contributed by atoms with Crippen molar-refractivity contribution < 1.29 is 0 Å². The maximum absolute atomic E-state index is 2.24. The monoisotopic (exact) mass is 901 g/mol. The lowest BCUT2D eigenvalue weighted by Crippen LogP contribution is -1.91. The highest BCUT2D eigenvalue weighted by Crippen LogP contribution is 2.15. The summed E-state index contributed by atoms with van der Waals surface area (Å²) in [5.74, 6) is 0. The Morgan fingerprint density at radius 3 is 0.463 bits per heavy atom.